The van der Waals surface area contributed by atoms with Gasteiger partial charge in [0.2, 0.25) is 5.91 Å². The maximum Gasteiger partial charge on any atom is 0.224 e. The van der Waals surface area contributed by atoms with E-state index in [0.29, 0.717) is 0 Å². The molecule has 58 heavy (non-hydrogen) atoms. The number of hydrogen-bond donors (Lipinski definition) is 3. The molecule has 4 nitrogen and oxygen atoms in total. The van der Waals surface area contributed by atoms with E-state index in [1.165, 1.54) is 141 Å². The van der Waals surface area contributed by atoms with Gasteiger partial charge in [-0.3, -0.25) is 4.79 Å². The van der Waals surface area contributed by atoms with Gasteiger partial charge >= 0.3 is 0 Å². The Bertz CT molecular complexity index is 1090. The summed E-state index contributed by atoms with van der Waals surface area (Å²) in [4.78, 5) is 12.3. The lowest BCUT2D eigenvalue weighted by Crippen LogP contribution is -2.44. The molecule has 4 heteroatoms. The minimum atomic E-state index is -0.917. The first-order valence-electron chi connectivity index (χ1n) is 24.5. The van der Waals surface area contributed by atoms with Gasteiger partial charge in [0.25, 0.3) is 0 Å². The predicted octanol–water partition coefficient (Wildman–Crippen LogP) is 15.8. The molecule has 0 fully saturated rings. The molecule has 3 N–H and O–H groups in total. The normalized spacial score (nSPS) is 13.8. The molecule has 0 aliphatic carbocycles. The third kappa shape index (κ3) is 44.4. The lowest BCUT2D eigenvalue weighted by molar-refractivity contribution is -0.122. The highest BCUT2D eigenvalue weighted by Gasteiger charge is 2.17. The number of nitrogens with one attached hydrogen (secondary N) is 1. The summed E-state index contributed by atoms with van der Waals surface area (Å²) in [5, 5.41) is 22.9. The summed E-state index contributed by atoms with van der Waals surface area (Å²) in [6.45, 7) is 4.13. The van der Waals surface area contributed by atoms with Crippen molar-refractivity contribution >= 4 is 5.91 Å². The van der Waals surface area contributed by atoms with Crippen LogP contribution in [0.2, 0.25) is 0 Å². The van der Waals surface area contributed by atoms with Crippen LogP contribution in [0.1, 0.15) is 219 Å². The van der Waals surface area contributed by atoms with E-state index in [9.17, 15) is 15.0 Å². The molecule has 0 aromatic heterocycles. The van der Waals surface area contributed by atoms with Crippen molar-refractivity contribution in [1.82, 2.24) is 5.32 Å². The number of aliphatic hydroxyl groups is 2. The maximum absolute atomic E-state index is 12.3. The zero-order chi connectivity index (χ0) is 42.1. The third-order valence-electron chi connectivity index (χ3n) is 10.6. The number of amides is 1. The van der Waals surface area contributed by atoms with Gasteiger partial charge < -0.3 is 15.5 Å². The monoisotopic (exact) mass is 804 g/mol. The fraction of sp³-hybridized carbons (Fsp3) is 0.685. The second kappa shape index (κ2) is 48.7. The average Bonchev–Trinajstić information content (AvgIpc) is 3.23. The van der Waals surface area contributed by atoms with Crippen LogP contribution in [0.4, 0.5) is 0 Å². The minimum Gasteiger partial charge on any atom is -0.394 e. The first-order chi connectivity index (χ1) is 28.7. The molecule has 0 aliphatic rings. The van der Waals surface area contributed by atoms with Gasteiger partial charge in [0.1, 0.15) is 0 Å². The molecule has 1 amide bonds. The molecular formula is C54H93NO3. The number of carbonyl (C=O) groups excluding carboxylic acids is 1. The van der Waals surface area contributed by atoms with Gasteiger partial charge in [0, 0.05) is 6.42 Å². The van der Waals surface area contributed by atoms with Crippen molar-refractivity contribution in [2.75, 3.05) is 6.61 Å². The molecular weight excluding hydrogens is 711 g/mol. The molecule has 0 aliphatic heterocycles. The highest BCUT2D eigenvalue weighted by Crippen LogP contribution is 2.15. The largest absolute Gasteiger partial charge is 0.394 e. The molecule has 2 atom stereocenters. The van der Waals surface area contributed by atoms with Crippen LogP contribution in [0.3, 0.4) is 0 Å². The van der Waals surface area contributed by atoms with Crippen LogP contribution in [-0.4, -0.2) is 34.9 Å². The Morgan fingerprint density at radius 2 is 0.776 bits per heavy atom. The van der Waals surface area contributed by atoms with Gasteiger partial charge in [-0.2, -0.15) is 0 Å². The molecule has 0 aromatic carbocycles. The van der Waals surface area contributed by atoms with E-state index in [0.717, 1.165) is 57.8 Å². The third-order valence-corrected chi connectivity index (χ3v) is 10.6. The van der Waals surface area contributed by atoms with Crippen LogP contribution < -0.4 is 5.32 Å². The first kappa shape index (κ1) is 55.3. The highest BCUT2D eigenvalue weighted by molar-refractivity contribution is 5.77. The van der Waals surface area contributed by atoms with Crippen LogP contribution in [-0.2, 0) is 4.79 Å². The fourth-order valence-corrected chi connectivity index (χ4v) is 6.87. The van der Waals surface area contributed by atoms with E-state index in [2.05, 4.69) is 92.1 Å². The first-order valence-corrected chi connectivity index (χ1v) is 24.5. The molecule has 0 rings (SSSR count). The second-order valence-corrected chi connectivity index (χ2v) is 16.1. The SMILES string of the molecule is CC/C=C\C/C=C\C/C=C\C/C=C\C/C=C\CC(=O)NC(CO)C(O)/C=C/CC/C=C/CC/C=C/CCCCCCCCCCCCCCCCCCCCCCC. The van der Waals surface area contributed by atoms with E-state index in [1.807, 2.05) is 18.2 Å². The topological polar surface area (TPSA) is 69.6 Å². The molecule has 0 spiro atoms. The van der Waals surface area contributed by atoms with E-state index in [1.54, 1.807) is 6.08 Å². The summed E-state index contributed by atoms with van der Waals surface area (Å²) >= 11 is 0. The predicted molar refractivity (Wildman–Crippen MR) is 257 cm³/mol. The summed E-state index contributed by atoms with van der Waals surface area (Å²) in [6, 6.07) is -0.706. The number of unbranched alkanes of at least 4 members (excludes halogenated alkanes) is 23. The van der Waals surface area contributed by atoms with Gasteiger partial charge in [-0.05, 0) is 70.6 Å². The van der Waals surface area contributed by atoms with E-state index in [-0.39, 0.29) is 18.9 Å². The van der Waals surface area contributed by atoms with Crippen LogP contribution in [0.15, 0.2) is 97.2 Å². The summed E-state index contributed by atoms with van der Waals surface area (Å²) in [5.41, 5.74) is 0. The van der Waals surface area contributed by atoms with Crippen LogP contribution in [0.5, 0.6) is 0 Å². The lowest BCUT2D eigenvalue weighted by atomic mass is 10.0. The second-order valence-electron chi connectivity index (χ2n) is 16.1. The molecule has 0 aromatic rings. The van der Waals surface area contributed by atoms with Gasteiger partial charge in [0.05, 0.1) is 18.8 Å². The molecule has 332 valence electrons. The van der Waals surface area contributed by atoms with Crippen molar-refractivity contribution in [3.05, 3.63) is 97.2 Å². The zero-order valence-corrected chi connectivity index (χ0v) is 38.0. The Labute approximate surface area is 360 Å². The van der Waals surface area contributed by atoms with Crippen LogP contribution in [0, 0.1) is 0 Å². The molecule has 2 unspecified atom stereocenters. The maximum atomic E-state index is 12.3. The molecule has 0 heterocycles. The Morgan fingerprint density at radius 3 is 1.17 bits per heavy atom. The summed E-state index contributed by atoms with van der Waals surface area (Å²) < 4.78 is 0. The Morgan fingerprint density at radius 1 is 0.431 bits per heavy atom. The number of hydrogen-bond acceptors (Lipinski definition) is 3. The zero-order valence-electron chi connectivity index (χ0n) is 38.0. The van der Waals surface area contributed by atoms with Crippen molar-refractivity contribution in [3.8, 4) is 0 Å². The number of rotatable bonds is 43. The molecule has 0 saturated carbocycles. The highest BCUT2D eigenvalue weighted by atomic mass is 16.3. The van der Waals surface area contributed by atoms with E-state index < -0.39 is 12.1 Å². The number of allylic oxidation sites excluding steroid dienone is 14. The van der Waals surface area contributed by atoms with E-state index in [4.69, 9.17) is 0 Å². The summed E-state index contributed by atoms with van der Waals surface area (Å²) in [7, 11) is 0. The number of aliphatic hydroxyl groups excluding tert-OH is 2. The van der Waals surface area contributed by atoms with Crippen LogP contribution in [0.25, 0.3) is 0 Å². The minimum absolute atomic E-state index is 0.208. The van der Waals surface area contributed by atoms with Gasteiger partial charge in [-0.25, -0.2) is 0 Å². The number of carbonyl (C=O) groups is 1. The van der Waals surface area contributed by atoms with Gasteiger partial charge in [-0.15, -0.1) is 0 Å². The summed E-state index contributed by atoms with van der Waals surface area (Å²) in [6.07, 6.45) is 72.9. The van der Waals surface area contributed by atoms with Crippen molar-refractivity contribution < 1.29 is 15.0 Å². The lowest BCUT2D eigenvalue weighted by Gasteiger charge is -2.19. The molecule has 0 saturated heterocycles. The van der Waals surface area contributed by atoms with Gasteiger partial charge in [0.15, 0.2) is 0 Å². The fourth-order valence-electron chi connectivity index (χ4n) is 6.87. The van der Waals surface area contributed by atoms with Crippen molar-refractivity contribution in [2.45, 2.75) is 231 Å². The Balaban J connectivity index is 3.66. The van der Waals surface area contributed by atoms with Gasteiger partial charge in [-0.1, -0.05) is 239 Å². The average molecular weight is 804 g/mol. The molecule has 0 bridgehead atoms. The van der Waals surface area contributed by atoms with Crippen molar-refractivity contribution in [1.29, 1.82) is 0 Å². The van der Waals surface area contributed by atoms with Crippen LogP contribution >= 0.6 is 0 Å². The van der Waals surface area contributed by atoms with Crippen molar-refractivity contribution in [3.63, 3.8) is 0 Å². The Hall–Kier alpha value is -2.69. The molecule has 0 radical (unpaired) electrons. The quantitative estimate of drug-likeness (QED) is 0.0425. The smallest absolute Gasteiger partial charge is 0.224 e. The van der Waals surface area contributed by atoms with E-state index >= 15 is 0 Å². The Kier molecular flexibility index (Phi) is 46.4. The standard InChI is InChI=1S/C54H93NO3/c1-3-5-7-9-11-13-15-17-19-20-21-22-23-24-25-26-27-28-29-30-31-32-33-34-36-37-39-41-43-45-47-49-53(57)52(51-56)55-54(58)50-48-46-44-42-40-38-35-18-16-14-12-10-8-6-4-2/h6,8,12,14,18,33-35,39-42,46-49,52-53,56-57H,3-5,7,9-11,13,15-17,19-32,36-38,43-45,50-51H2,1-2H3,(H,55,58)/b8-6-,14-12-,34-33+,35-18-,41-39+,42-40-,48-46-,49-47+. The summed E-state index contributed by atoms with van der Waals surface area (Å²) in [5.74, 6) is -0.208. The van der Waals surface area contributed by atoms with Crippen molar-refractivity contribution in [2.24, 2.45) is 0 Å².